The molecule has 0 bridgehead atoms. The Balaban J connectivity index is 1.72. The van der Waals surface area contributed by atoms with E-state index in [1.165, 1.54) is 12.8 Å². The third-order valence-electron chi connectivity index (χ3n) is 3.99. The number of nitrogens with zero attached hydrogens (tertiary/aromatic N) is 1. The maximum Gasteiger partial charge on any atom is 0.0804 e. The van der Waals surface area contributed by atoms with Gasteiger partial charge in [0.1, 0.15) is 0 Å². The molecule has 2 atom stereocenters. The molecule has 0 aromatic heterocycles. The highest BCUT2D eigenvalue weighted by Gasteiger charge is 2.40. The van der Waals surface area contributed by atoms with E-state index in [1.807, 2.05) is 18.2 Å². The smallest absolute Gasteiger partial charge is 0.0804 e. The monoisotopic (exact) mass is 257 g/mol. The van der Waals surface area contributed by atoms with Gasteiger partial charge in [0.15, 0.2) is 0 Å². The number of rotatable bonds is 4. The van der Waals surface area contributed by atoms with Gasteiger partial charge in [-0.2, -0.15) is 5.26 Å². The highest BCUT2D eigenvalue weighted by Crippen LogP contribution is 2.39. The predicted molar refractivity (Wildman–Crippen MR) is 74.7 cm³/mol. The predicted octanol–water partition coefficient (Wildman–Crippen LogP) is 2.31. The highest BCUT2D eigenvalue weighted by atomic mass is 16.5. The van der Waals surface area contributed by atoms with E-state index < -0.39 is 0 Å². The zero-order valence-corrected chi connectivity index (χ0v) is 10.9. The van der Waals surface area contributed by atoms with Crippen molar-refractivity contribution in [3.63, 3.8) is 0 Å². The molecule has 0 spiro atoms. The lowest BCUT2D eigenvalue weighted by Crippen LogP contribution is -2.30. The van der Waals surface area contributed by atoms with Gasteiger partial charge < -0.3 is 15.8 Å². The quantitative estimate of drug-likeness (QED) is 0.812. The number of nitrogen functional groups attached to an aromatic ring is 1. The van der Waals surface area contributed by atoms with Gasteiger partial charge in [0.2, 0.25) is 0 Å². The molecule has 3 rings (SSSR count). The summed E-state index contributed by atoms with van der Waals surface area (Å²) in [5.41, 5.74) is 8.49. The second-order valence-corrected chi connectivity index (χ2v) is 5.46. The first-order valence-electron chi connectivity index (χ1n) is 6.91. The largest absolute Gasteiger partial charge is 0.398 e. The fourth-order valence-electron chi connectivity index (χ4n) is 2.80. The van der Waals surface area contributed by atoms with Crippen molar-refractivity contribution in [3.8, 4) is 6.07 Å². The van der Waals surface area contributed by atoms with Crippen LogP contribution >= 0.6 is 0 Å². The minimum absolute atomic E-state index is 0.356. The fraction of sp³-hybridized carbons (Fsp3) is 0.533. The van der Waals surface area contributed by atoms with Gasteiger partial charge in [-0.15, -0.1) is 0 Å². The number of nitrogens with two attached hydrogens (primary N) is 1. The highest BCUT2D eigenvalue weighted by molar-refractivity contribution is 5.58. The minimum Gasteiger partial charge on any atom is -0.398 e. The normalized spacial score (nSPS) is 26.1. The molecule has 1 aromatic carbocycles. The van der Waals surface area contributed by atoms with E-state index >= 15 is 0 Å². The summed E-state index contributed by atoms with van der Waals surface area (Å²) in [4.78, 5) is 0. The Kier molecular flexibility index (Phi) is 3.31. The molecule has 0 amide bonds. The third kappa shape index (κ3) is 2.66. The zero-order valence-electron chi connectivity index (χ0n) is 10.9. The van der Waals surface area contributed by atoms with Crippen LogP contribution in [-0.2, 0) is 11.2 Å². The maximum absolute atomic E-state index is 8.80. The molecule has 19 heavy (non-hydrogen) atoms. The summed E-state index contributed by atoms with van der Waals surface area (Å²) in [6, 6.07) is 8.39. The van der Waals surface area contributed by atoms with Crippen molar-refractivity contribution in [1.82, 2.24) is 0 Å². The Labute approximate surface area is 113 Å². The molecule has 1 aromatic rings. The van der Waals surface area contributed by atoms with Crippen LogP contribution in [-0.4, -0.2) is 18.8 Å². The van der Waals surface area contributed by atoms with Crippen LogP contribution in [0.25, 0.3) is 0 Å². The molecule has 3 N–H and O–H groups in total. The van der Waals surface area contributed by atoms with Crippen molar-refractivity contribution in [2.24, 2.45) is 5.92 Å². The van der Waals surface area contributed by atoms with Gasteiger partial charge in [0, 0.05) is 18.0 Å². The molecular formula is C15H19N3O. The number of nitriles is 1. The standard InChI is InChI=1S/C15H19N3O/c16-7-5-11-9-12(3-4-13(11)17)18-14-6-8-19-15(14)10-1-2-10/h3-4,9-10,14-15,18H,1-2,5-6,8,17H2. The van der Waals surface area contributed by atoms with E-state index in [4.69, 9.17) is 15.7 Å². The van der Waals surface area contributed by atoms with Crippen LogP contribution in [0.3, 0.4) is 0 Å². The average Bonchev–Trinajstić information content (AvgIpc) is 3.15. The van der Waals surface area contributed by atoms with E-state index in [-0.39, 0.29) is 0 Å². The van der Waals surface area contributed by atoms with Gasteiger partial charge in [-0.25, -0.2) is 0 Å². The zero-order chi connectivity index (χ0) is 13.2. The topological polar surface area (TPSA) is 71.1 Å². The van der Waals surface area contributed by atoms with Crippen molar-refractivity contribution in [3.05, 3.63) is 23.8 Å². The summed E-state index contributed by atoms with van der Waals surface area (Å²) < 4.78 is 5.82. The Morgan fingerprint density at radius 1 is 1.37 bits per heavy atom. The van der Waals surface area contributed by atoms with Crippen molar-refractivity contribution in [2.75, 3.05) is 17.7 Å². The Bertz CT molecular complexity index is 505. The molecule has 1 aliphatic heterocycles. The number of nitrogens with one attached hydrogen (secondary N) is 1. The van der Waals surface area contributed by atoms with Crippen molar-refractivity contribution in [1.29, 1.82) is 5.26 Å². The molecule has 1 aliphatic carbocycles. The summed E-state index contributed by atoms with van der Waals surface area (Å²) in [6.45, 7) is 0.846. The molecule has 4 nitrogen and oxygen atoms in total. The van der Waals surface area contributed by atoms with Crippen molar-refractivity contribution >= 4 is 11.4 Å². The van der Waals surface area contributed by atoms with Crippen molar-refractivity contribution in [2.45, 2.75) is 37.8 Å². The summed E-state index contributed by atoms with van der Waals surface area (Å²) >= 11 is 0. The van der Waals surface area contributed by atoms with Crippen LogP contribution in [0.15, 0.2) is 18.2 Å². The first-order chi connectivity index (χ1) is 9.28. The van der Waals surface area contributed by atoms with E-state index in [2.05, 4.69) is 11.4 Å². The molecule has 100 valence electrons. The lowest BCUT2D eigenvalue weighted by Gasteiger charge is -2.21. The number of hydrogen-bond acceptors (Lipinski definition) is 4. The first kappa shape index (κ1) is 12.3. The molecule has 4 heteroatoms. The van der Waals surface area contributed by atoms with E-state index in [0.717, 1.165) is 30.2 Å². The minimum atomic E-state index is 0.356. The maximum atomic E-state index is 8.80. The average molecular weight is 257 g/mol. The van der Waals surface area contributed by atoms with Crippen LogP contribution in [0.4, 0.5) is 11.4 Å². The number of hydrogen-bond donors (Lipinski definition) is 2. The second kappa shape index (κ2) is 5.10. The van der Waals surface area contributed by atoms with Gasteiger partial charge in [0.05, 0.1) is 24.6 Å². The summed E-state index contributed by atoms with van der Waals surface area (Å²) in [7, 11) is 0. The Morgan fingerprint density at radius 3 is 2.95 bits per heavy atom. The summed E-state index contributed by atoms with van der Waals surface area (Å²) in [5, 5.41) is 12.3. The van der Waals surface area contributed by atoms with Gasteiger partial charge >= 0.3 is 0 Å². The van der Waals surface area contributed by atoms with E-state index in [1.54, 1.807) is 0 Å². The van der Waals surface area contributed by atoms with Crippen LogP contribution < -0.4 is 11.1 Å². The molecule has 1 heterocycles. The Hall–Kier alpha value is -1.73. The fourth-order valence-corrected chi connectivity index (χ4v) is 2.80. The van der Waals surface area contributed by atoms with Crippen molar-refractivity contribution < 1.29 is 4.74 Å². The summed E-state index contributed by atoms with van der Waals surface area (Å²) in [6.07, 6.45) is 4.36. The summed E-state index contributed by atoms with van der Waals surface area (Å²) in [5.74, 6) is 0.743. The lowest BCUT2D eigenvalue weighted by atomic mass is 10.0. The molecule has 2 unspecified atom stereocenters. The van der Waals surface area contributed by atoms with Gasteiger partial charge in [-0.05, 0) is 48.9 Å². The molecular weight excluding hydrogens is 238 g/mol. The van der Waals surface area contributed by atoms with E-state index in [0.29, 0.717) is 24.3 Å². The molecule has 1 saturated heterocycles. The SMILES string of the molecule is N#CCc1cc(NC2CCOC2C2CC2)ccc1N. The number of anilines is 2. The molecule has 0 radical (unpaired) electrons. The van der Waals surface area contributed by atoms with Gasteiger partial charge in [-0.1, -0.05) is 0 Å². The van der Waals surface area contributed by atoms with Crippen LogP contribution in [0, 0.1) is 17.2 Å². The molecule has 2 aliphatic rings. The van der Waals surface area contributed by atoms with Crippen LogP contribution in [0.5, 0.6) is 0 Å². The van der Waals surface area contributed by atoms with Crippen LogP contribution in [0.2, 0.25) is 0 Å². The van der Waals surface area contributed by atoms with E-state index in [9.17, 15) is 0 Å². The number of benzene rings is 1. The van der Waals surface area contributed by atoms with Gasteiger partial charge in [-0.3, -0.25) is 0 Å². The number of ether oxygens (including phenoxy) is 1. The second-order valence-electron chi connectivity index (χ2n) is 5.46. The van der Waals surface area contributed by atoms with Crippen LogP contribution in [0.1, 0.15) is 24.8 Å². The third-order valence-corrected chi connectivity index (χ3v) is 3.99. The lowest BCUT2D eigenvalue weighted by molar-refractivity contribution is 0.0898. The first-order valence-corrected chi connectivity index (χ1v) is 6.91. The molecule has 1 saturated carbocycles. The van der Waals surface area contributed by atoms with Gasteiger partial charge in [0.25, 0.3) is 0 Å². The molecule has 2 fully saturated rings. The Morgan fingerprint density at radius 2 is 2.21 bits per heavy atom.